The molecule has 0 saturated carbocycles. The molecular formula is C18H20N2O2. The van der Waals surface area contributed by atoms with Crippen molar-refractivity contribution in [3.8, 4) is 11.5 Å². The Labute approximate surface area is 130 Å². The number of para-hydroxylation sites is 2. The fourth-order valence-electron chi connectivity index (χ4n) is 1.93. The Morgan fingerprint density at radius 2 is 1.09 bits per heavy atom. The summed E-state index contributed by atoms with van der Waals surface area (Å²) in [4.78, 5) is 8.59. The molecule has 114 valence electrons. The Morgan fingerprint density at radius 1 is 0.682 bits per heavy atom. The van der Waals surface area contributed by atoms with Gasteiger partial charge >= 0.3 is 0 Å². The summed E-state index contributed by atoms with van der Waals surface area (Å²) in [6, 6.07) is 14.3. The van der Waals surface area contributed by atoms with Gasteiger partial charge in [0.15, 0.2) is 0 Å². The van der Waals surface area contributed by atoms with Crippen LogP contribution < -0.4 is 0 Å². The first-order valence-electron chi connectivity index (χ1n) is 7.33. The maximum absolute atomic E-state index is 9.58. The number of hydrogen-bond acceptors (Lipinski definition) is 4. The van der Waals surface area contributed by atoms with Crippen LogP contribution >= 0.6 is 0 Å². The molecule has 2 N–H and O–H groups in total. The third-order valence-corrected chi connectivity index (χ3v) is 3.16. The maximum atomic E-state index is 9.58. The molecule has 0 saturated heterocycles. The summed E-state index contributed by atoms with van der Waals surface area (Å²) in [6.45, 7) is 1.42. The highest BCUT2D eigenvalue weighted by Crippen LogP contribution is 2.13. The SMILES string of the molecule is Oc1ccccc1C=NCCCCN=Cc1ccccc1O. The largest absolute Gasteiger partial charge is 0.507 e. The van der Waals surface area contributed by atoms with E-state index in [0.29, 0.717) is 13.1 Å². The summed E-state index contributed by atoms with van der Waals surface area (Å²) in [5, 5.41) is 19.2. The van der Waals surface area contributed by atoms with Crippen LogP contribution in [0.1, 0.15) is 24.0 Å². The van der Waals surface area contributed by atoms with E-state index in [1.165, 1.54) is 0 Å². The highest BCUT2D eigenvalue weighted by molar-refractivity contribution is 5.83. The lowest BCUT2D eigenvalue weighted by Gasteiger charge is -1.98. The van der Waals surface area contributed by atoms with Crippen LogP contribution in [0.5, 0.6) is 11.5 Å². The highest BCUT2D eigenvalue weighted by atomic mass is 16.3. The van der Waals surface area contributed by atoms with E-state index in [-0.39, 0.29) is 11.5 Å². The average molecular weight is 296 g/mol. The number of nitrogens with zero attached hydrogens (tertiary/aromatic N) is 2. The molecule has 0 amide bonds. The summed E-state index contributed by atoms with van der Waals surface area (Å²) < 4.78 is 0. The number of aromatic hydroxyl groups is 2. The molecule has 2 aromatic carbocycles. The summed E-state index contributed by atoms with van der Waals surface area (Å²) >= 11 is 0. The molecule has 4 nitrogen and oxygen atoms in total. The number of rotatable bonds is 7. The Kier molecular flexibility index (Phi) is 6.18. The van der Waals surface area contributed by atoms with E-state index >= 15 is 0 Å². The van der Waals surface area contributed by atoms with Crippen molar-refractivity contribution in [3.63, 3.8) is 0 Å². The van der Waals surface area contributed by atoms with E-state index in [1.54, 1.807) is 36.7 Å². The minimum atomic E-state index is 0.249. The zero-order valence-electron chi connectivity index (χ0n) is 12.4. The van der Waals surface area contributed by atoms with Crippen LogP contribution in [0.3, 0.4) is 0 Å². The zero-order valence-corrected chi connectivity index (χ0v) is 12.4. The van der Waals surface area contributed by atoms with E-state index in [0.717, 1.165) is 24.0 Å². The summed E-state index contributed by atoms with van der Waals surface area (Å²) in [5.74, 6) is 0.497. The maximum Gasteiger partial charge on any atom is 0.124 e. The highest BCUT2D eigenvalue weighted by Gasteiger charge is 1.95. The summed E-state index contributed by atoms with van der Waals surface area (Å²) in [7, 11) is 0. The second-order valence-electron chi connectivity index (χ2n) is 4.90. The van der Waals surface area contributed by atoms with Gasteiger partial charge in [0.1, 0.15) is 11.5 Å². The Bertz CT molecular complexity index is 594. The predicted octanol–water partition coefficient (Wildman–Crippen LogP) is 3.42. The lowest BCUT2D eigenvalue weighted by Crippen LogP contribution is -1.89. The molecule has 0 fully saturated rings. The second-order valence-corrected chi connectivity index (χ2v) is 4.90. The molecule has 2 rings (SSSR count). The van der Waals surface area contributed by atoms with Gasteiger partial charge in [0.25, 0.3) is 0 Å². The van der Waals surface area contributed by atoms with Gasteiger partial charge in [-0.1, -0.05) is 24.3 Å². The molecule has 22 heavy (non-hydrogen) atoms. The van der Waals surface area contributed by atoms with Crippen LogP contribution in [0.4, 0.5) is 0 Å². The monoisotopic (exact) mass is 296 g/mol. The third-order valence-electron chi connectivity index (χ3n) is 3.16. The molecule has 0 aliphatic carbocycles. The van der Waals surface area contributed by atoms with Crippen molar-refractivity contribution < 1.29 is 10.2 Å². The summed E-state index contributed by atoms with van der Waals surface area (Å²) in [6.07, 6.45) is 5.26. The van der Waals surface area contributed by atoms with Crippen molar-refractivity contribution in [2.45, 2.75) is 12.8 Å². The van der Waals surface area contributed by atoms with Gasteiger partial charge in [-0.05, 0) is 37.1 Å². The summed E-state index contributed by atoms with van der Waals surface area (Å²) in [5.41, 5.74) is 1.47. The smallest absolute Gasteiger partial charge is 0.124 e. The van der Waals surface area contributed by atoms with Crippen LogP contribution in [0.25, 0.3) is 0 Å². The zero-order chi connectivity index (χ0) is 15.6. The van der Waals surface area contributed by atoms with Crippen molar-refractivity contribution in [1.82, 2.24) is 0 Å². The van der Waals surface area contributed by atoms with E-state index < -0.39 is 0 Å². The van der Waals surface area contributed by atoms with Gasteiger partial charge in [-0.2, -0.15) is 0 Å². The molecule has 0 unspecified atom stereocenters. The molecule has 0 spiro atoms. The van der Waals surface area contributed by atoms with Gasteiger partial charge in [-0.3, -0.25) is 9.98 Å². The molecule has 0 bridgehead atoms. The van der Waals surface area contributed by atoms with Crippen LogP contribution in [-0.2, 0) is 0 Å². The number of hydrogen-bond donors (Lipinski definition) is 2. The molecular weight excluding hydrogens is 276 g/mol. The number of benzene rings is 2. The fraction of sp³-hybridized carbons (Fsp3) is 0.222. The van der Waals surface area contributed by atoms with E-state index in [4.69, 9.17) is 0 Å². The third kappa shape index (κ3) is 5.05. The van der Waals surface area contributed by atoms with Crippen LogP contribution in [-0.4, -0.2) is 35.7 Å². The van der Waals surface area contributed by atoms with Crippen molar-refractivity contribution in [1.29, 1.82) is 0 Å². The normalized spacial score (nSPS) is 11.5. The van der Waals surface area contributed by atoms with E-state index in [9.17, 15) is 10.2 Å². The van der Waals surface area contributed by atoms with E-state index in [1.807, 2.05) is 24.3 Å². The van der Waals surface area contributed by atoms with Crippen molar-refractivity contribution >= 4 is 12.4 Å². The van der Waals surface area contributed by atoms with Gasteiger partial charge in [-0.15, -0.1) is 0 Å². The number of unbranched alkanes of at least 4 members (excludes halogenated alkanes) is 1. The molecule has 4 heteroatoms. The van der Waals surface area contributed by atoms with Crippen molar-refractivity contribution in [2.75, 3.05) is 13.1 Å². The molecule has 2 aromatic rings. The van der Waals surface area contributed by atoms with Crippen molar-refractivity contribution in [3.05, 3.63) is 59.7 Å². The second kappa shape index (κ2) is 8.62. The van der Waals surface area contributed by atoms with Gasteiger partial charge in [0, 0.05) is 36.6 Å². The van der Waals surface area contributed by atoms with Crippen molar-refractivity contribution in [2.24, 2.45) is 9.98 Å². The minimum absolute atomic E-state index is 0.249. The Balaban J connectivity index is 1.66. The molecule has 0 aliphatic heterocycles. The number of phenols is 2. The Morgan fingerprint density at radius 3 is 1.50 bits per heavy atom. The number of phenolic OH excluding ortho intramolecular Hbond substituents is 2. The standard InChI is InChI=1S/C18H20N2O2/c21-17-9-3-1-7-15(17)13-19-11-5-6-12-20-14-16-8-2-4-10-18(16)22/h1-4,7-10,13-14,21-22H,5-6,11-12H2. The van der Waals surface area contributed by atoms with Gasteiger partial charge in [0.05, 0.1) is 0 Å². The Hall–Kier alpha value is -2.62. The van der Waals surface area contributed by atoms with E-state index in [2.05, 4.69) is 9.98 Å². The first-order valence-corrected chi connectivity index (χ1v) is 7.33. The van der Waals surface area contributed by atoms with Crippen LogP contribution in [0.15, 0.2) is 58.5 Å². The molecule has 0 radical (unpaired) electrons. The molecule has 0 aliphatic rings. The number of aliphatic imine (C=N–C) groups is 2. The molecule has 0 atom stereocenters. The van der Waals surface area contributed by atoms with Gasteiger partial charge < -0.3 is 10.2 Å². The first kappa shape index (κ1) is 15.8. The van der Waals surface area contributed by atoms with Gasteiger partial charge in [0.2, 0.25) is 0 Å². The lowest BCUT2D eigenvalue weighted by molar-refractivity contribution is 0.474. The lowest BCUT2D eigenvalue weighted by atomic mass is 10.2. The quantitative estimate of drug-likeness (QED) is 0.607. The van der Waals surface area contributed by atoms with Crippen LogP contribution in [0.2, 0.25) is 0 Å². The van der Waals surface area contributed by atoms with Gasteiger partial charge in [-0.25, -0.2) is 0 Å². The topological polar surface area (TPSA) is 65.2 Å². The molecule has 0 heterocycles. The molecule has 0 aromatic heterocycles. The minimum Gasteiger partial charge on any atom is -0.507 e. The average Bonchev–Trinajstić information content (AvgIpc) is 2.53. The fourth-order valence-corrected chi connectivity index (χ4v) is 1.93. The van der Waals surface area contributed by atoms with Crippen LogP contribution in [0, 0.1) is 0 Å². The predicted molar refractivity (Wildman–Crippen MR) is 90.4 cm³/mol. The first-order chi connectivity index (χ1) is 10.8.